The first-order valence-corrected chi connectivity index (χ1v) is 10.4. The Morgan fingerprint density at radius 3 is 2.35 bits per heavy atom. The molecule has 1 amide bonds. The second-order valence-electron chi connectivity index (χ2n) is 7.41. The van der Waals surface area contributed by atoms with Crippen LogP contribution in [0.15, 0.2) is 54.9 Å². The highest BCUT2D eigenvalue weighted by atomic mass is 16.5. The Balaban J connectivity index is 1.47. The predicted molar refractivity (Wildman–Crippen MR) is 121 cm³/mol. The molecule has 4 rings (SSSR count). The maximum atomic E-state index is 12.7. The monoisotopic (exact) mass is 418 g/mol. The van der Waals surface area contributed by atoms with E-state index >= 15 is 0 Å². The van der Waals surface area contributed by atoms with Gasteiger partial charge in [-0.3, -0.25) is 4.79 Å². The molecule has 0 spiro atoms. The quantitative estimate of drug-likeness (QED) is 0.639. The number of rotatable bonds is 6. The van der Waals surface area contributed by atoms with E-state index in [4.69, 9.17) is 9.47 Å². The average molecular weight is 418 g/mol. The molecule has 0 radical (unpaired) electrons. The van der Waals surface area contributed by atoms with E-state index in [9.17, 15) is 4.79 Å². The highest BCUT2D eigenvalue weighted by molar-refractivity contribution is 6.04. The van der Waals surface area contributed by atoms with Gasteiger partial charge in [0.15, 0.2) is 11.5 Å². The van der Waals surface area contributed by atoms with Gasteiger partial charge in [0.2, 0.25) is 0 Å². The lowest BCUT2D eigenvalue weighted by Gasteiger charge is -2.27. The summed E-state index contributed by atoms with van der Waals surface area (Å²) in [5.74, 6) is 1.93. The number of amides is 1. The molecule has 1 aliphatic heterocycles. The van der Waals surface area contributed by atoms with E-state index in [0.29, 0.717) is 22.7 Å². The number of carbonyl (C=O) groups is 1. The number of hydrogen-bond acceptors (Lipinski definition) is 6. The standard InChI is InChI=1S/C24H26N4O3/c1-30-21-11-10-19(14-22(21)31-2)27-24(29)18-8-6-17(7-9-18)20-15-23(26-16-25-20)28-12-4-3-5-13-28/h6-11,14-16H,3-5,12-13H2,1-2H3,(H,27,29). The lowest BCUT2D eigenvalue weighted by Crippen LogP contribution is -2.30. The fourth-order valence-electron chi connectivity index (χ4n) is 3.71. The van der Waals surface area contributed by atoms with Crippen molar-refractivity contribution in [2.45, 2.75) is 19.3 Å². The zero-order chi connectivity index (χ0) is 21.6. The Bertz CT molecular complexity index is 1050. The van der Waals surface area contributed by atoms with E-state index in [1.807, 2.05) is 18.2 Å². The summed E-state index contributed by atoms with van der Waals surface area (Å²) in [5, 5.41) is 2.89. The number of carbonyl (C=O) groups excluding carboxylic acids is 1. The van der Waals surface area contributed by atoms with Crippen molar-refractivity contribution in [2.24, 2.45) is 0 Å². The van der Waals surface area contributed by atoms with Crippen LogP contribution in [-0.2, 0) is 0 Å². The second kappa shape index (κ2) is 9.47. The smallest absolute Gasteiger partial charge is 0.255 e. The third-order valence-corrected chi connectivity index (χ3v) is 5.42. The zero-order valence-electron chi connectivity index (χ0n) is 17.8. The van der Waals surface area contributed by atoms with Gasteiger partial charge in [-0.05, 0) is 43.5 Å². The second-order valence-corrected chi connectivity index (χ2v) is 7.41. The summed E-state index contributed by atoms with van der Waals surface area (Å²) in [6, 6.07) is 14.7. The molecule has 0 aliphatic carbocycles. The first-order valence-electron chi connectivity index (χ1n) is 10.4. The number of benzene rings is 2. The summed E-state index contributed by atoms with van der Waals surface area (Å²) < 4.78 is 10.5. The van der Waals surface area contributed by atoms with Crippen molar-refractivity contribution in [3.8, 4) is 22.8 Å². The van der Waals surface area contributed by atoms with Crippen LogP contribution < -0.4 is 19.7 Å². The molecular weight excluding hydrogens is 392 g/mol. The molecule has 1 fully saturated rings. The number of hydrogen-bond donors (Lipinski definition) is 1. The zero-order valence-corrected chi connectivity index (χ0v) is 17.8. The van der Waals surface area contributed by atoms with Gasteiger partial charge in [-0.1, -0.05) is 12.1 Å². The maximum absolute atomic E-state index is 12.7. The van der Waals surface area contributed by atoms with Crippen LogP contribution in [0.4, 0.5) is 11.5 Å². The van der Waals surface area contributed by atoms with Gasteiger partial charge in [-0.2, -0.15) is 0 Å². The summed E-state index contributed by atoms with van der Waals surface area (Å²) >= 11 is 0. The topological polar surface area (TPSA) is 76.6 Å². The highest BCUT2D eigenvalue weighted by Gasteiger charge is 2.14. The van der Waals surface area contributed by atoms with Gasteiger partial charge in [0.1, 0.15) is 12.1 Å². The average Bonchev–Trinajstić information content (AvgIpc) is 2.84. The number of anilines is 2. The molecule has 31 heavy (non-hydrogen) atoms. The van der Waals surface area contributed by atoms with E-state index in [-0.39, 0.29) is 5.91 Å². The number of piperidine rings is 1. The molecule has 0 atom stereocenters. The molecule has 2 aromatic carbocycles. The third kappa shape index (κ3) is 4.77. The van der Waals surface area contributed by atoms with Crippen molar-refractivity contribution in [2.75, 3.05) is 37.5 Å². The predicted octanol–water partition coefficient (Wildman–Crippen LogP) is 4.40. The Kier molecular flexibility index (Phi) is 6.31. The van der Waals surface area contributed by atoms with Crippen molar-refractivity contribution in [3.05, 3.63) is 60.4 Å². The molecule has 0 bridgehead atoms. The molecule has 1 aliphatic rings. The lowest BCUT2D eigenvalue weighted by molar-refractivity contribution is 0.102. The minimum atomic E-state index is -0.199. The van der Waals surface area contributed by atoms with Gasteiger partial charge in [-0.25, -0.2) is 9.97 Å². The van der Waals surface area contributed by atoms with E-state index < -0.39 is 0 Å². The number of aromatic nitrogens is 2. The fourth-order valence-corrected chi connectivity index (χ4v) is 3.71. The summed E-state index contributed by atoms with van der Waals surface area (Å²) in [5.41, 5.74) is 2.99. The van der Waals surface area contributed by atoms with E-state index in [1.165, 1.54) is 19.3 Å². The van der Waals surface area contributed by atoms with Crippen LogP contribution in [0.2, 0.25) is 0 Å². The largest absolute Gasteiger partial charge is 0.493 e. The molecule has 3 aromatic rings. The number of methoxy groups -OCH3 is 2. The summed E-state index contributed by atoms with van der Waals surface area (Å²) in [4.78, 5) is 23.8. The van der Waals surface area contributed by atoms with Crippen LogP contribution in [0.25, 0.3) is 11.3 Å². The van der Waals surface area contributed by atoms with Gasteiger partial charge < -0.3 is 19.7 Å². The highest BCUT2D eigenvalue weighted by Crippen LogP contribution is 2.30. The van der Waals surface area contributed by atoms with E-state index in [1.54, 1.807) is 50.9 Å². The molecule has 0 saturated carbocycles. The van der Waals surface area contributed by atoms with Crippen molar-refractivity contribution >= 4 is 17.4 Å². The summed E-state index contributed by atoms with van der Waals surface area (Å²) in [7, 11) is 3.14. The number of nitrogens with zero attached hydrogens (tertiary/aromatic N) is 3. The number of ether oxygens (including phenoxy) is 2. The minimum Gasteiger partial charge on any atom is -0.493 e. The van der Waals surface area contributed by atoms with Crippen LogP contribution in [0, 0.1) is 0 Å². The van der Waals surface area contributed by atoms with Crippen LogP contribution >= 0.6 is 0 Å². The number of nitrogens with one attached hydrogen (secondary N) is 1. The fraction of sp³-hybridized carbons (Fsp3) is 0.292. The molecule has 1 saturated heterocycles. The molecule has 7 nitrogen and oxygen atoms in total. The van der Waals surface area contributed by atoms with Crippen molar-refractivity contribution < 1.29 is 14.3 Å². The Morgan fingerprint density at radius 1 is 0.903 bits per heavy atom. The van der Waals surface area contributed by atoms with Crippen LogP contribution in [0.5, 0.6) is 11.5 Å². The molecule has 1 aromatic heterocycles. The maximum Gasteiger partial charge on any atom is 0.255 e. The molecule has 1 N–H and O–H groups in total. The van der Waals surface area contributed by atoms with Crippen molar-refractivity contribution in [1.29, 1.82) is 0 Å². The molecule has 160 valence electrons. The van der Waals surface area contributed by atoms with Gasteiger partial charge in [-0.15, -0.1) is 0 Å². The van der Waals surface area contributed by atoms with Crippen LogP contribution in [0.3, 0.4) is 0 Å². The molecule has 0 unspecified atom stereocenters. The van der Waals surface area contributed by atoms with Crippen LogP contribution in [0.1, 0.15) is 29.6 Å². The first kappa shape index (κ1) is 20.7. The van der Waals surface area contributed by atoms with Gasteiger partial charge in [0.05, 0.1) is 19.9 Å². The third-order valence-electron chi connectivity index (χ3n) is 5.42. The van der Waals surface area contributed by atoms with E-state index in [2.05, 4.69) is 20.2 Å². The minimum absolute atomic E-state index is 0.199. The van der Waals surface area contributed by atoms with Crippen molar-refractivity contribution in [3.63, 3.8) is 0 Å². The Hall–Kier alpha value is -3.61. The Labute approximate surface area is 182 Å². The van der Waals surface area contributed by atoms with Crippen molar-refractivity contribution in [1.82, 2.24) is 9.97 Å². The molecule has 2 heterocycles. The SMILES string of the molecule is COc1ccc(NC(=O)c2ccc(-c3cc(N4CCCCC4)ncn3)cc2)cc1OC. The summed E-state index contributed by atoms with van der Waals surface area (Å²) in [6.45, 7) is 2.07. The normalized spacial score (nSPS) is 13.5. The van der Waals surface area contributed by atoms with E-state index in [0.717, 1.165) is 30.2 Å². The Morgan fingerprint density at radius 2 is 1.65 bits per heavy atom. The lowest BCUT2D eigenvalue weighted by atomic mass is 10.1. The molecule has 7 heteroatoms. The summed E-state index contributed by atoms with van der Waals surface area (Å²) in [6.07, 6.45) is 5.28. The molecular formula is C24H26N4O3. The van der Waals surface area contributed by atoms with Crippen LogP contribution in [-0.4, -0.2) is 43.2 Å². The first-order chi connectivity index (χ1) is 15.2. The van der Waals surface area contributed by atoms with Gasteiger partial charge >= 0.3 is 0 Å². The van der Waals surface area contributed by atoms with Gasteiger partial charge in [0, 0.05) is 42.0 Å². The van der Waals surface area contributed by atoms with Gasteiger partial charge in [0.25, 0.3) is 5.91 Å².